The molecule has 1 heterocycles. The quantitative estimate of drug-likeness (QED) is 0.495. The molecular formula is C18H10Cl2N2O2S2. The predicted molar refractivity (Wildman–Crippen MR) is 110 cm³/mol. The number of anilines is 1. The second-order valence-corrected chi connectivity index (χ2v) is 7.62. The Bertz CT molecular complexity index is 953. The summed E-state index contributed by atoms with van der Waals surface area (Å²) < 4.78 is 5.63. The molecule has 1 fully saturated rings. The summed E-state index contributed by atoms with van der Waals surface area (Å²) >= 11 is 18.5. The van der Waals surface area contributed by atoms with Gasteiger partial charge in [-0.25, -0.2) is 0 Å². The second-order valence-electron chi connectivity index (χ2n) is 5.13. The first kappa shape index (κ1) is 18.7. The fraction of sp³-hybridized carbons (Fsp3) is 0.0556. The number of nitrogens with zero attached hydrogens (tertiary/aromatic N) is 2. The SMILES string of the molecule is N#CCOc1ccc(/C=C2/SC(=S)N(c3ccc(Cl)c(Cl)c3)C2=O)cc1. The molecule has 0 aromatic heterocycles. The van der Waals surface area contributed by atoms with Crippen molar-refractivity contribution in [3.63, 3.8) is 0 Å². The van der Waals surface area contributed by atoms with Crippen LogP contribution in [-0.4, -0.2) is 16.8 Å². The molecule has 8 heteroatoms. The number of carbonyl (C=O) groups is 1. The van der Waals surface area contributed by atoms with Gasteiger partial charge in [0.15, 0.2) is 10.9 Å². The molecular weight excluding hydrogens is 411 g/mol. The Hall–Kier alpha value is -2.04. The van der Waals surface area contributed by atoms with E-state index in [-0.39, 0.29) is 12.5 Å². The van der Waals surface area contributed by atoms with Crippen molar-refractivity contribution in [3.8, 4) is 11.8 Å². The van der Waals surface area contributed by atoms with Gasteiger partial charge in [0.25, 0.3) is 5.91 Å². The molecule has 3 rings (SSSR count). The van der Waals surface area contributed by atoms with E-state index in [0.717, 1.165) is 5.56 Å². The van der Waals surface area contributed by atoms with Crippen LogP contribution < -0.4 is 9.64 Å². The second kappa shape index (κ2) is 8.11. The summed E-state index contributed by atoms with van der Waals surface area (Å²) in [6.07, 6.45) is 1.75. The first-order chi connectivity index (χ1) is 12.5. The molecule has 4 nitrogen and oxygen atoms in total. The fourth-order valence-corrected chi connectivity index (χ4v) is 3.83. The Labute approximate surface area is 169 Å². The van der Waals surface area contributed by atoms with E-state index in [1.165, 1.54) is 16.7 Å². The van der Waals surface area contributed by atoms with Crippen LogP contribution in [0.25, 0.3) is 6.08 Å². The molecule has 0 spiro atoms. The number of rotatable bonds is 4. The minimum absolute atomic E-state index is 0.0122. The van der Waals surface area contributed by atoms with Crippen LogP contribution in [0.4, 0.5) is 5.69 Å². The average molecular weight is 421 g/mol. The molecule has 2 aromatic rings. The van der Waals surface area contributed by atoms with E-state index in [1.807, 2.05) is 6.07 Å². The number of ether oxygens (including phenoxy) is 1. The summed E-state index contributed by atoms with van der Waals surface area (Å²) in [5.74, 6) is 0.371. The minimum Gasteiger partial charge on any atom is -0.479 e. The minimum atomic E-state index is -0.219. The van der Waals surface area contributed by atoms with Crippen LogP contribution in [0.2, 0.25) is 10.0 Å². The molecule has 0 N–H and O–H groups in total. The summed E-state index contributed by atoms with van der Waals surface area (Å²) in [5, 5.41) is 9.29. The van der Waals surface area contributed by atoms with Crippen LogP contribution in [0.15, 0.2) is 47.4 Å². The average Bonchev–Trinajstić information content (AvgIpc) is 2.90. The molecule has 0 radical (unpaired) electrons. The zero-order chi connectivity index (χ0) is 18.7. The maximum atomic E-state index is 12.7. The van der Waals surface area contributed by atoms with Crippen LogP contribution in [0, 0.1) is 11.3 Å². The molecule has 0 bridgehead atoms. The topological polar surface area (TPSA) is 53.3 Å². The smallest absolute Gasteiger partial charge is 0.270 e. The predicted octanol–water partition coefficient (Wildman–Crippen LogP) is 5.30. The number of hydrogen-bond acceptors (Lipinski definition) is 5. The number of benzene rings is 2. The molecule has 0 atom stereocenters. The van der Waals surface area contributed by atoms with E-state index >= 15 is 0 Å². The zero-order valence-electron chi connectivity index (χ0n) is 13.1. The Kier molecular flexibility index (Phi) is 5.84. The first-order valence-electron chi connectivity index (χ1n) is 7.32. The van der Waals surface area contributed by atoms with E-state index in [9.17, 15) is 4.79 Å². The van der Waals surface area contributed by atoms with Gasteiger partial charge in [0.2, 0.25) is 0 Å². The van der Waals surface area contributed by atoms with Gasteiger partial charge in [-0.1, -0.05) is 59.3 Å². The van der Waals surface area contributed by atoms with Gasteiger partial charge in [-0.2, -0.15) is 5.26 Å². The number of halogens is 2. The van der Waals surface area contributed by atoms with E-state index in [4.69, 9.17) is 45.4 Å². The molecule has 0 unspecified atom stereocenters. The largest absolute Gasteiger partial charge is 0.479 e. The van der Waals surface area contributed by atoms with Gasteiger partial charge in [-0.15, -0.1) is 0 Å². The lowest BCUT2D eigenvalue weighted by atomic mass is 10.2. The van der Waals surface area contributed by atoms with Gasteiger partial charge in [-0.3, -0.25) is 9.69 Å². The molecule has 1 aliphatic heterocycles. The normalized spacial score (nSPS) is 15.4. The Morgan fingerprint density at radius 3 is 2.58 bits per heavy atom. The highest BCUT2D eigenvalue weighted by molar-refractivity contribution is 8.27. The van der Waals surface area contributed by atoms with E-state index in [1.54, 1.807) is 48.5 Å². The molecule has 26 heavy (non-hydrogen) atoms. The van der Waals surface area contributed by atoms with Crippen LogP contribution in [-0.2, 0) is 4.79 Å². The van der Waals surface area contributed by atoms with Gasteiger partial charge in [0.1, 0.15) is 11.8 Å². The van der Waals surface area contributed by atoms with Crippen molar-refractivity contribution in [3.05, 3.63) is 63.0 Å². The van der Waals surface area contributed by atoms with Gasteiger partial charge in [-0.05, 0) is 42.0 Å². The van der Waals surface area contributed by atoms with Crippen molar-refractivity contribution in [1.29, 1.82) is 5.26 Å². The Morgan fingerprint density at radius 1 is 1.19 bits per heavy atom. The number of nitriles is 1. The van der Waals surface area contributed by atoms with Crippen molar-refractivity contribution in [2.75, 3.05) is 11.5 Å². The standard InChI is InChI=1S/C18H10Cl2N2O2S2/c19-14-6-3-12(10-15(14)20)22-17(23)16(26-18(22)25)9-11-1-4-13(5-2-11)24-8-7-21/h1-6,9-10H,8H2/b16-9+. The van der Waals surface area contributed by atoms with Gasteiger partial charge >= 0.3 is 0 Å². The maximum absolute atomic E-state index is 12.7. The third-order valence-corrected chi connectivity index (χ3v) is 5.48. The summed E-state index contributed by atoms with van der Waals surface area (Å²) in [5.41, 5.74) is 1.40. The van der Waals surface area contributed by atoms with Crippen molar-refractivity contribution >= 4 is 69.2 Å². The van der Waals surface area contributed by atoms with Crippen LogP contribution in [0.5, 0.6) is 5.75 Å². The van der Waals surface area contributed by atoms with Crippen molar-refractivity contribution in [1.82, 2.24) is 0 Å². The summed E-state index contributed by atoms with van der Waals surface area (Å²) in [6, 6.07) is 13.9. The number of thioether (sulfide) groups is 1. The summed E-state index contributed by atoms with van der Waals surface area (Å²) in [7, 11) is 0. The molecule has 1 aliphatic rings. The molecule has 2 aromatic carbocycles. The van der Waals surface area contributed by atoms with Gasteiger partial charge in [0.05, 0.1) is 20.6 Å². The Balaban J connectivity index is 1.83. The number of thiocarbonyl (C=S) groups is 1. The zero-order valence-corrected chi connectivity index (χ0v) is 16.3. The van der Waals surface area contributed by atoms with Crippen molar-refractivity contribution in [2.45, 2.75) is 0 Å². The molecule has 130 valence electrons. The lowest BCUT2D eigenvalue weighted by Gasteiger charge is -2.15. The van der Waals surface area contributed by atoms with E-state index in [2.05, 4.69) is 0 Å². The third-order valence-electron chi connectivity index (χ3n) is 3.44. The van der Waals surface area contributed by atoms with Gasteiger partial charge < -0.3 is 4.74 Å². The molecule has 0 saturated carbocycles. The lowest BCUT2D eigenvalue weighted by Crippen LogP contribution is -2.27. The third kappa shape index (κ3) is 4.02. The van der Waals surface area contributed by atoms with Crippen LogP contribution in [0.1, 0.15) is 5.56 Å². The first-order valence-corrected chi connectivity index (χ1v) is 9.30. The number of carbonyl (C=O) groups excluding carboxylic acids is 1. The summed E-state index contributed by atoms with van der Waals surface area (Å²) in [6.45, 7) is -0.0122. The van der Waals surface area contributed by atoms with E-state index in [0.29, 0.717) is 30.7 Å². The highest BCUT2D eigenvalue weighted by atomic mass is 35.5. The lowest BCUT2D eigenvalue weighted by molar-refractivity contribution is -0.113. The monoisotopic (exact) mass is 420 g/mol. The maximum Gasteiger partial charge on any atom is 0.270 e. The molecule has 1 amide bonds. The van der Waals surface area contributed by atoms with Crippen LogP contribution in [0.3, 0.4) is 0 Å². The highest BCUT2D eigenvalue weighted by Gasteiger charge is 2.33. The molecule has 1 saturated heterocycles. The number of hydrogen-bond donors (Lipinski definition) is 0. The Morgan fingerprint density at radius 2 is 1.92 bits per heavy atom. The van der Waals surface area contributed by atoms with Crippen molar-refractivity contribution < 1.29 is 9.53 Å². The number of amides is 1. The van der Waals surface area contributed by atoms with Gasteiger partial charge in [0, 0.05) is 0 Å². The fourth-order valence-electron chi connectivity index (χ4n) is 2.24. The summed E-state index contributed by atoms with van der Waals surface area (Å²) in [4.78, 5) is 14.7. The highest BCUT2D eigenvalue weighted by Crippen LogP contribution is 2.38. The van der Waals surface area contributed by atoms with Crippen molar-refractivity contribution in [2.24, 2.45) is 0 Å². The van der Waals surface area contributed by atoms with Crippen LogP contribution >= 0.6 is 47.2 Å². The molecule has 0 aliphatic carbocycles. The van der Waals surface area contributed by atoms with E-state index < -0.39 is 0 Å².